The van der Waals surface area contributed by atoms with Crippen LogP contribution in [0.5, 0.6) is 0 Å². The minimum Gasteiger partial charge on any atom is -0.480 e. The van der Waals surface area contributed by atoms with E-state index in [1.54, 1.807) is 0 Å². The lowest BCUT2D eigenvalue weighted by atomic mass is 10.0. The number of carbonyl (C=O) groups is 3. The summed E-state index contributed by atoms with van der Waals surface area (Å²) in [6.45, 7) is 1.80. The molecule has 0 aromatic rings. The van der Waals surface area contributed by atoms with Gasteiger partial charge in [-0.05, 0) is 12.8 Å². The highest BCUT2D eigenvalue weighted by atomic mass is 16.4. The van der Waals surface area contributed by atoms with Crippen LogP contribution in [-0.2, 0) is 14.4 Å². The summed E-state index contributed by atoms with van der Waals surface area (Å²) >= 11 is 0. The lowest BCUT2D eigenvalue weighted by Crippen LogP contribution is -2.50. The summed E-state index contributed by atoms with van der Waals surface area (Å²) < 4.78 is 0. The van der Waals surface area contributed by atoms with Crippen LogP contribution in [0.2, 0.25) is 0 Å². The number of carboxylic acid groups (broad SMARTS) is 1. The molecular formula is C10H15NO4. The van der Waals surface area contributed by atoms with Crippen molar-refractivity contribution < 1.29 is 19.5 Å². The van der Waals surface area contributed by atoms with Gasteiger partial charge in [-0.2, -0.15) is 0 Å². The first kappa shape index (κ1) is 11.7. The topological polar surface area (TPSA) is 74.7 Å². The van der Waals surface area contributed by atoms with Crippen molar-refractivity contribution in [1.29, 1.82) is 0 Å². The summed E-state index contributed by atoms with van der Waals surface area (Å²) in [6, 6.07) is -0.818. The maximum Gasteiger partial charge on any atom is 0.326 e. The number of nitrogens with zero attached hydrogens (tertiary/aromatic N) is 1. The smallest absolute Gasteiger partial charge is 0.326 e. The average Bonchev–Trinajstić information content (AvgIpc) is 2.17. The first-order valence-electron chi connectivity index (χ1n) is 5.10. The fraction of sp³-hybridized carbons (Fsp3) is 0.700. The lowest BCUT2D eigenvalue weighted by molar-refractivity contribution is -0.154. The first-order chi connectivity index (χ1) is 7.06. The van der Waals surface area contributed by atoms with Gasteiger partial charge in [-0.1, -0.05) is 6.92 Å². The number of piperidine rings is 1. The number of rotatable bonds is 3. The fourth-order valence-electron chi connectivity index (χ4n) is 1.71. The largest absolute Gasteiger partial charge is 0.480 e. The van der Waals surface area contributed by atoms with E-state index >= 15 is 0 Å². The summed E-state index contributed by atoms with van der Waals surface area (Å²) in [5.41, 5.74) is 0. The van der Waals surface area contributed by atoms with E-state index in [4.69, 9.17) is 5.11 Å². The molecule has 5 heteroatoms. The zero-order valence-corrected chi connectivity index (χ0v) is 8.73. The van der Waals surface area contributed by atoms with Crippen LogP contribution < -0.4 is 0 Å². The van der Waals surface area contributed by atoms with Gasteiger partial charge in [0.05, 0.1) is 6.54 Å². The van der Waals surface area contributed by atoms with Gasteiger partial charge in [0.1, 0.15) is 6.04 Å². The van der Waals surface area contributed by atoms with Crippen molar-refractivity contribution >= 4 is 17.7 Å². The zero-order valence-electron chi connectivity index (χ0n) is 8.73. The molecule has 1 amide bonds. The standard InChI is InChI=1S/C10H15NO4/c1-2-3-9(13)11-6-7(12)4-5-8(11)10(14)15/h8H,2-6H2,1H3,(H,14,15). The molecule has 1 aliphatic heterocycles. The number of Topliss-reactive ketones (excluding diaryl/α,β-unsaturated/α-hetero) is 1. The molecule has 0 saturated carbocycles. The van der Waals surface area contributed by atoms with Gasteiger partial charge in [0.2, 0.25) is 5.91 Å². The van der Waals surface area contributed by atoms with E-state index in [9.17, 15) is 14.4 Å². The molecule has 1 atom stereocenters. The summed E-state index contributed by atoms with van der Waals surface area (Å²) in [4.78, 5) is 34.8. The van der Waals surface area contributed by atoms with Crippen molar-refractivity contribution in [1.82, 2.24) is 4.90 Å². The highest BCUT2D eigenvalue weighted by Crippen LogP contribution is 2.16. The molecule has 1 rings (SSSR count). The van der Waals surface area contributed by atoms with Crippen LogP contribution in [0.1, 0.15) is 32.6 Å². The molecule has 1 N–H and O–H groups in total. The summed E-state index contributed by atoms with van der Waals surface area (Å²) in [6.07, 6.45) is 1.46. The van der Waals surface area contributed by atoms with Gasteiger partial charge in [-0.25, -0.2) is 4.79 Å². The highest BCUT2D eigenvalue weighted by molar-refractivity contribution is 5.91. The van der Waals surface area contributed by atoms with Crippen molar-refractivity contribution in [3.8, 4) is 0 Å². The molecule has 0 spiro atoms. The van der Waals surface area contributed by atoms with Crippen molar-refractivity contribution in [2.75, 3.05) is 6.54 Å². The SMILES string of the molecule is CCCC(=O)N1CC(=O)CCC1C(=O)O. The number of aliphatic carboxylic acids is 1. The number of hydrogen-bond acceptors (Lipinski definition) is 3. The van der Waals surface area contributed by atoms with E-state index in [2.05, 4.69) is 0 Å². The highest BCUT2D eigenvalue weighted by Gasteiger charge is 2.34. The van der Waals surface area contributed by atoms with Gasteiger partial charge in [0, 0.05) is 12.8 Å². The molecule has 84 valence electrons. The van der Waals surface area contributed by atoms with Crippen molar-refractivity contribution in [2.24, 2.45) is 0 Å². The molecule has 1 fully saturated rings. The third kappa shape index (κ3) is 2.78. The number of carbonyl (C=O) groups excluding carboxylic acids is 2. The number of amides is 1. The summed E-state index contributed by atoms with van der Waals surface area (Å²) in [7, 11) is 0. The van der Waals surface area contributed by atoms with E-state index in [1.807, 2.05) is 6.92 Å². The molecular weight excluding hydrogens is 198 g/mol. The Morgan fingerprint density at radius 3 is 2.73 bits per heavy atom. The minimum atomic E-state index is -1.02. The maximum absolute atomic E-state index is 11.6. The number of ketones is 1. The van der Waals surface area contributed by atoms with Gasteiger partial charge in [-0.3, -0.25) is 9.59 Å². The molecule has 1 heterocycles. The number of carboxylic acids is 1. The predicted molar refractivity (Wildman–Crippen MR) is 52.3 cm³/mol. The van der Waals surface area contributed by atoms with Crippen LogP contribution in [-0.4, -0.2) is 40.3 Å². The minimum absolute atomic E-state index is 0.0458. The van der Waals surface area contributed by atoms with Crippen LogP contribution in [0.3, 0.4) is 0 Å². The number of hydrogen-bond donors (Lipinski definition) is 1. The fourth-order valence-corrected chi connectivity index (χ4v) is 1.71. The molecule has 0 radical (unpaired) electrons. The first-order valence-corrected chi connectivity index (χ1v) is 5.10. The van der Waals surface area contributed by atoms with E-state index in [0.29, 0.717) is 12.8 Å². The van der Waals surface area contributed by atoms with Crippen LogP contribution in [0.25, 0.3) is 0 Å². The zero-order chi connectivity index (χ0) is 11.4. The van der Waals surface area contributed by atoms with E-state index in [-0.39, 0.29) is 31.1 Å². The molecule has 5 nitrogen and oxygen atoms in total. The van der Waals surface area contributed by atoms with Crippen LogP contribution in [0.4, 0.5) is 0 Å². The molecule has 0 aromatic heterocycles. The van der Waals surface area contributed by atoms with Crippen LogP contribution >= 0.6 is 0 Å². The molecule has 1 saturated heterocycles. The van der Waals surface area contributed by atoms with Crippen molar-refractivity contribution in [3.63, 3.8) is 0 Å². The Bertz CT molecular complexity index is 287. The summed E-state index contributed by atoms with van der Waals surface area (Å²) in [5.74, 6) is -1.32. The van der Waals surface area contributed by atoms with Gasteiger partial charge in [-0.15, -0.1) is 0 Å². The predicted octanol–water partition coefficient (Wildman–Crippen LogP) is 0.431. The Morgan fingerprint density at radius 2 is 2.20 bits per heavy atom. The van der Waals surface area contributed by atoms with Gasteiger partial charge >= 0.3 is 5.97 Å². The normalized spacial score (nSPS) is 21.5. The molecule has 0 aliphatic carbocycles. The second-order valence-electron chi connectivity index (χ2n) is 3.70. The Balaban J connectivity index is 2.74. The second kappa shape index (κ2) is 4.91. The Kier molecular flexibility index (Phi) is 3.82. The van der Waals surface area contributed by atoms with Gasteiger partial charge in [0.15, 0.2) is 5.78 Å². The number of likely N-dealkylation sites (tertiary alicyclic amines) is 1. The average molecular weight is 213 g/mol. The Morgan fingerprint density at radius 1 is 1.53 bits per heavy atom. The quantitative estimate of drug-likeness (QED) is 0.737. The van der Waals surface area contributed by atoms with E-state index in [1.165, 1.54) is 4.90 Å². The Labute approximate surface area is 88.1 Å². The van der Waals surface area contributed by atoms with Crippen LogP contribution in [0.15, 0.2) is 0 Å². The Hall–Kier alpha value is -1.39. The third-order valence-electron chi connectivity index (χ3n) is 2.49. The van der Waals surface area contributed by atoms with Crippen molar-refractivity contribution in [3.05, 3.63) is 0 Å². The lowest BCUT2D eigenvalue weighted by Gasteiger charge is -2.32. The third-order valence-corrected chi connectivity index (χ3v) is 2.49. The molecule has 1 aliphatic rings. The van der Waals surface area contributed by atoms with Crippen LogP contribution in [0, 0.1) is 0 Å². The molecule has 1 unspecified atom stereocenters. The summed E-state index contributed by atoms with van der Waals surface area (Å²) in [5, 5.41) is 8.91. The van der Waals surface area contributed by atoms with Gasteiger partial charge in [0.25, 0.3) is 0 Å². The monoisotopic (exact) mass is 213 g/mol. The van der Waals surface area contributed by atoms with E-state index in [0.717, 1.165) is 0 Å². The second-order valence-corrected chi connectivity index (χ2v) is 3.70. The molecule has 15 heavy (non-hydrogen) atoms. The molecule has 0 aromatic carbocycles. The molecule has 0 bridgehead atoms. The van der Waals surface area contributed by atoms with E-state index < -0.39 is 12.0 Å². The maximum atomic E-state index is 11.6. The van der Waals surface area contributed by atoms with Gasteiger partial charge < -0.3 is 10.0 Å². The van der Waals surface area contributed by atoms with Crippen molar-refractivity contribution in [2.45, 2.75) is 38.6 Å².